The van der Waals surface area contributed by atoms with E-state index in [0.29, 0.717) is 17.8 Å². The molecule has 2 aliphatic heterocycles. The van der Waals surface area contributed by atoms with Gasteiger partial charge in [-0.2, -0.15) is 4.98 Å². The third-order valence-corrected chi connectivity index (χ3v) is 4.40. The molecule has 2 fully saturated rings. The first-order chi connectivity index (χ1) is 9.58. The third kappa shape index (κ3) is 2.60. The molecule has 2 saturated heterocycles. The molecule has 2 unspecified atom stereocenters. The van der Waals surface area contributed by atoms with E-state index in [-0.39, 0.29) is 11.6 Å². The fraction of sp³-hybridized carbons (Fsp3) is 0.857. The normalized spacial score (nSPS) is 32.1. The van der Waals surface area contributed by atoms with Gasteiger partial charge in [-0.1, -0.05) is 5.16 Å². The predicted octanol–water partition coefficient (Wildman–Crippen LogP) is 1.45. The minimum Gasteiger partial charge on any atom is -0.367 e. The Morgan fingerprint density at radius 3 is 3.00 bits per heavy atom. The molecule has 112 valence electrons. The Bertz CT molecular complexity index is 454. The molecule has 2 atom stereocenters. The van der Waals surface area contributed by atoms with Gasteiger partial charge in [0.15, 0.2) is 0 Å². The molecule has 0 spiro atoms. The lowest BCUT2D eigenvalue weighted by atomic mass is 10.0. The predicted molar refractivity (Wildman–Crippen MR) is 74.3 cm³/mol. The highest BCUT2D eigenvalue weighted by molar-refractivity contribution is 5.06. The van der Waals surface area contributed by atoms with Crippen molar-refractivity contribution in [2.45, 2.75) is 51.3 Å². The van der Waals surface area contributed by atoms with Crippen molar-refractivity contribution in [2.75, 3.05) is 26.2 Å². The van der Waals surface area contributed by atoms with Crippen LogP contribution in [-0.2, 0) is 10.3 Å². The summed E-state index contributed by atoms with van der Waals surface area (Å²) in [5, 5.41) is 7.59. The molecular formula is C14H24N4O2. The van der Waals surface area contributed by atoms with E-state index in [2.05, 4.69) is 41.1 Å². The Labute approximate surface area is 119 Å². The lowest BCUT2D eigenvalue weighted by Crippen LogP contribution is -2.42. The Kier molecular flexibility index (Phi) is 3.79. The Balaban J connectivity index is 1.73. The first-order valence-corrected chi connectivity index (χ1v) is 7.53. The minimum atomic E-state index is -0.169. The van der Waals surface area contributed by atoms with Gasteiger partial charge < -0.3 is 14.6 Å². The highest BCUT2D eigenvalue weighted by atomic mass is 16.5. The summed E-state index contributed by atoms with van der Waals surface area (Å²) in [7, 11) is 0. The topological polar surface area (TPSA) is 63.4 Å². The van der Waals surface area contributed by atoms with Crippen molar-refractivity contribution in [3.05, 3.63) is 11.7 Å². The van der Waals surface area contributed by atoms with E-state index in [4.69, 9.17) is 9.26 Å². The molecule has 0 aromatic carbocycles. The highest BCUT2D eigenvalue weighted by Crippen LogP contribution is 2.30. The zero-order chi connectivity index (χ0) is 14.2. The van der Waals surface area contributed by atoms with Crippen LogP contribution in [0.1, 0.15) is 51.4 Å². The molecular weight excluding hydrogens is 256 g/mol. The maximum Gasteiger partial charge on any atom is 0.246 e. The number of nitrogens with zero attached hydrogens (tertiary/aromatic N) is 3. The zero-order valence-electron chi connectivity index (χ0n) is 12.6. The quantitative estimate of drug-likeness (QED) is 0.904. The minimum absolute atomic E-state index is 0.0753. The second-order valence-electron chi connectivity index (χ2n) is 6.27. The molecule has 0 saturated carbocycles. The van der Waals surface area contributed by atoms with Crippen LogP contribution in [0.4, 0.5) is 0 Å². The molecule has 0 bridgehead atoms. The Hall–Kier alpha value is -0.980. The van der Waals surface area contributed by atoms with Gasteiger partial charge in [-0.25, -0.2) is 0 Å². The van der Waals surface area contributed by atoms with E-state index in [1.165, 1.54) is 0 Å². The van der Waals surface area contributed by atoms with E-state index >= 15 is 0 Å². The molecule has 0 radical (unpaired) electrons. The van der Waals surface area contributed by atoms with Crippen LogP contribution >= 0.6 is 0 Å². The average molecular weight is 280 g/mol. The zero-order valence-corrected chi connectivity index (χ0v) is 12.6. The Morgan fingerprint density at radius 1 is 1.45 bits per heavy atom. The van der Waals surface area contributed by atoms with Crippen LogP contribution in [0.15, 0.2) is 4.52 Å². The van der Waals surface area contributed by atoms with E-state index in [1.807, 2.05) is 0 Å². The number of ether oxygens (including phenoxy) is 1. The van der Waals surface area contributed by atoms with E-state index in [1.54, 1.807) is 0 Å². The average Bonchev–Trinajstić information content (AvgIpc) is 3.08. The molecule has 6 heteroatoms. The van der Waals surface area contributed by atoms with E-state index < -0.39 is 0 Å². The number of aromatic nitrogens is 2. The van der Waals surface area contributed by atoms with Gasteiger partial charge in [0.05, 0.1) is 12.1 Å². The fourth-order valence-corrected chi connectivity index (χ4v) is 2.96. The first-order valence-electron chi connectivity index (χ1n) is 7.53. The van der Waals surface area contributed by atoms with Crippen molar-refractivity contribution in [2.24, 2.45) is 0 Å². The van der Waals surface area contributed by atoms with Crippen molar-refractivity contribution in [3.8, 4) is 0 Å². The van der Waals surface area contributed by atoms with Crippen LogP contribution in [0.25, 0.3) is 0 Å². The van der Waals surface area contributed by atoms with Gasteiger partial charge in [0.2, 0.25) is 11.7 Å². The van der Waals surface area contributed by atoms with E-state index in [9.17, 15) is 0 Å². The molecule has 0 amide bonds. The van der Waals surface area contributed by atoms with Crippen LogP contribution in [0.3, 0.4) is 0 Å². The summed E-state index contributed by atoms with van der Waals surface area (Å²) >= 11 is 0. The van der Waals surface area contributed by atoms with Crippen LogP contribution < -0.4 is 5.32 Å². The molecule has 3 heterocycles. The lowest BCUT2D eigenvalue weighted by molar-refractivity contribution is -0.0450. The molecule has 0 aliphatic carbocycles. The number of hydrogen-bond acceptors (Lipinski definition) is 6. The summed E-state index contributed by atoms with van der Waals surface area (Å²) in [6.07, 6.45) is 2.11. The first kappa shape index (κ1) is 14.0. The van der Waals surface area contributed by atoms with Crippen molar-refractivity contribution in [1.82, 2.24) is 20.4 Å². The van der Waals surface area contributed by atoms with E-state index in [0.717, 1.165) is 39.1 Å². The molecule has 3 rings (SSSR count). The third-order valence-electron chi connectivity index (χ3n) is 4.40. The maximum absolute atomic E-state index is 5.81. The summed E-state index contributed by atoms with van der Waals surface area (Å²) in [6.45, 7) is 10.1. The summed E-state index contributed by atoms with van der Waals surface area (Å²) < 4.78 is 11.3. The van der Waals surface area contributed by atoms with Crippen molar-refractivity contribution in [3.63, 3.8) is 0 Å². The summed E-state index contributed by atoms with van der Waals surface area (Å²) in [5.74, 6) is 1.37. The SMILES string of the molecule is CC(C)N1CCOC(c2noc(C3(C)CCCN3)n2)C1. The molecule has 2 aliphatic rings. The van der Waals surface area contributed by atoms with Gasteiger partial charge in [-0.15, -0.1) is 0 Å². The van der Waals surface area contributed by atoms with Crippen LogP contribution in [-0.4, -0.2) is 47.3 Å². The van der Waals surface area contributed by atoms with Gasteiger partial charge >= 0.3 is 0 Å². The van der Waals surface area contributed by atoms with Gasteiger partial charge in [-0.3, -0.25) is 4.90 Å². The van der Waals surface area contributed by atoms with Crippen LogP contribution in [0.5, 0.6) is 0 Å². The molecule has 1 N–H and O–H groups in total. The number of hydrogen-bond donors (Lipinski definition) is 1. The second kappa shape index (κ2) is 5.42. The molecule has 20 heavy (non-hydrogen) atoms. The molecule has 1 aromatic heterocycles. The largest absolute Gasteiger partial charge is 0.367 e. The smallest absolute Gasteiger partial charge is 0.246 e. The Morgan fingerprint density at radius 2 is 2.30 bits per heavy atom. The maximum atomic E-state index is 5.81. The van der Waals surface area contributed by atoms with Crippen LogP contribution in [0, 0.1) is 0 Å². The summed E-state index contributed by atoms with van der Waals surface area (Å²) in [4.78, 5) is 6.98. The van der Waals surface area contributed by atoms with Crippen molar-refractivity contribution >= 4 is 0 Å². The van der Waals surface area contributed by atoms with Crippen molar-refractivity contribution in [1.29, 1.82) is 0 Å². The molecule has 1 aromatic rings. The van der Waals surface area contributed by atoms with Crippen molar-refractivity contribution < 1.29 is 9.26 Å². The monoisotopic (exact) mass is 280 g/mol. The van der Waals surface area contributed by atoms with Crippen LogP contribution in [0.2, 0.25) is 0 Å². The van der Waals surface area contributed by atoms with Gasteiger partial charge in [-0.05, 0) is 40.2 Å². The summed E-state index contributed by atoms with van der Waals surface area (Å²) in [5.41, 5.74) is -0.169. The summed E-state index contributed by atoms with van der Waals surface area (Å²) in [6, 6.07) is 0.516. The standard InChI is InChI=1S/C14H24N4O2/c1-10(2)18-7-8-19-11(9-18)12-16-13(20-17-12)14(3)5-4-6-15-14/h10-11,15H,4-9H2,1-3H3. The van der Waals surface area contributed by atoms with Gasteiger partial charge in [0.1, 0.15) is 6.10 Å². The second-order valence-corrected chi connectivity index (χ2v) is 6.27. The number of morpholine rings is 1. The highest BCUT2D eigenvalue weighted by Gasteiger charge is 2.37. The number of nitrogens with one attached hydrogen (secondary N) is 1. The van der Waals surface area contributed by atoms with Gasteiger partial charge in [0.25, 0.3) is 0 Å². The number of rotatable bonds is 3. The fourth-order valence-electron chi connectivity index (χ4n) is 2.96. The van der Waals surface area contributed by atoms with Gasteiger partial charge in [0, 0.05) is 19.1 Å². The lowest BCUT2D eigenvalue weighted by Gasteiger charge is -2.34. The molecule has 6 nitrogen and oxygen atoms in total.